The summed E-state index contributed by atoms with van der Waals surface area (Å²) in [5, 5.41) is 12.6. The largest absolute Gasteiger partial charge is 0.467 e. The number of aryl methyl sites for hydroxylation is 1. The second-order valence-electron chi connectivity index (χ2n) is 8.07. The van der Waals surface area contributed by atoms with Gasteiger partial charge in [-0.2, -0.15) is 0 Å². The Kier molecular flexibility index (Phi) is 7.74. The molecule has 0 saturated carbocycles. The normalized spacial score (nSPS) is 12.3. The molecule has 0 aliphatic heterocycles. The van der Waals surface area contributed by atoms with Gasteiger partial charge >= 0.3 is 0 Å². The Bertz CT molecular complexity index is 950. The zero-order chi connectivity index (χ0) is 21.5. The molecule has 1 N–H and O–H groups in total. The maximum atomic E-state index is 12.4. The van der Waals surface area contributed by atoms with Crippen LogP contribution in [0.15, 0.2) is 52.2 Å². The maximum absolute atomic E-state index is 12.4. The molecule has 0 aliphatic rings. The number of benzene rings is 1. The van der Waals surface area contributed by atoms with E-state index in [9.17, 15) is 4.79 Å². The van der Waals surface area contributed by atoms with Crippen molar-refractivity contribution in [2.24, 2.45) is 5.92 Å². The summed E-state index contributed by atoms with van der Waals surface area (Å²) in [6.45, 7) is 9.01. The first-order chi connectivity index (χ1) is 14.4. The van der Waals surface area contributed by atoms with Crippen molar-refractivity contribution >= 4 is 17.7 Å². The van der Waals surface area contributed by atoms with Crippen molar-refractivity contribution in [3.05, 3.63) is 54.0 Å². The Morgan fingerprint density at radius 2 is 2.00 bits per heavy atom. The van der Waals surface area contributed by atoms with Crippen molar-refractivity contribution in [2.45, 2.75) is 58.3 Å². The topological polar surface area (TPSA) is 73.0 Å². The fraction of sp³-hybridized carbons (Fsp3) is 0.435. The third-order valence-electron chi connectivity index (χ3n) is 4.80. The number of carbonyl (C=O) groups excluding carboxylic acids is 1. The standard InChI is InChI=1S/C23H30N4O2S/c1-16(2)10-11-18(4)24-21(28)15-30-23-26-25-22(19-8-5-7-17(3)13-19)27(23)14-20-9-6-12-29-20/h5-9,12-13,16,18H,10-11,14-15H2,1-4H3,(H,24,28). The number of furan rings is 1. The molecule has 0 bridgehead atoms. The fourth-order valence-corrected chi connectivity index (χ4v) is 3.95. The molecule has 2 aromatic heterocycles. The van der Waals surface area contributed by atoms with E-state index >= 15 is 0 Å². The van der Waals surface area contributed by atoms with Crippen LogP contribution >= 0.6 is 11.8 Å². The molecule has 1 aromatic carbocycles. The summed E-state index contributed by atoms with van der Waals surface area (Å²) in [6, 6.07) is 12.1. The molecule has 3 rings (SSSR count). The van der Waals surface area contributed by atoms with Crippen LogP contribution in [-0.2, 0) is 11.3 Å². The third-order valence-corrected chi connectivity index (χ3v) is 5.77. The molecule has 6 nitrogen and oxygen atoms in total. The van der Waals surface area contributed by atoms with Crippen LogP contribution in [-0.4, -0.2) is 32.5 Å². The predicted octanol–water partition coefficient (Wildman–Crippen LogP) is 4.93. The number of nitrogens with one attached hydrogen (secondary N) is 1. The van der Waals surface area contributed by atoms with E-state index in [4.69, 9.17) is 4.42 Å². The van der Waals surface area contributed by atoms with Gasteiger partial charge in [0.2, 0.25) is 5.91 Å². The summed E-state index contributed by atoms with van der Waals surface area (Å²) in [4.78, 5) is 12.4. The van der Waals surface area contributed by atoms with Crippen LogP contribution in [0.5, 0.6) is 0 Å². The van der Waals surface area contributed by atoms with Crippen molar-refractivity contribution in [1.29, 1.82) is 0 Å². The molecular formula is C23H30N4O2S. The van der Waals surface area contributed by atoms with Crippen LogP contribution in [0.2, 0.25) is 0 Å². The van der Waals surface area contributed by atoms with Gasteiger partial charge in [0.15, 0.2) is 11.0 Å². The minimum Gasteiger partial charge on any atom is -0.467 e. The van der Waals surface area contributed by atoms with Crippen LogP contribution < -0.4 is 5.32 Å². The van der Waals surface area contributed by atoms with Crippen molar-refractivity contribution in [3.8, 4) is 11.4 Å². The minimum atomic E-state index is 0.0147. The summed E-state index contributed by atoms with van der Waals surface area (Å²) in [5.74, 6) is 2.54. The van der Waals surface area contributed by atoms with E-state index in [0.29, 0.717) is 23.4 Å². The van der Waals surface area contributed by atoms with E-state index in [1.54, 1.807) is 6.26 Å². The number of carbonyl (C=O) groups is 1. The average Bonchev–Trinajstić information content (AvgIpc) is 3.35. The molecule has 0 aliphatic carbocycles. The molecule has 0 saturated heterocycles. The van der Waals surface area contributed by atoms with Crippen molar-refractivity contribution in [1.82, 2.24) is 20.1 Å². The number of nitrogens with zero attached hydrogens (tertiary/aromatic N) is 3. The van der Waals surface area contributed by atoms with E-state index in [1.807, 2.05) is 28.8 Å². The lowest BCUT2D eigenvalue weighted by molar-refractivity contribution is -0.119. The number of rotatable bonds is 10. The first-order valence-corrected chi connectivity index (χ1v) is 11.4. The highest BCUT2D eigenvalue weighted by Gasteiger charge is 2.17. The summed E-state index contributed by atoms with van der Waals surface area (Å²) in [5.41, 5.74) is 2.15. The summed E-state index contributed by atoms with van der Waals surface area (Å²) in [7, 11) is 0. The van der Waals surface area contributed by atoms with Crippen molar-refractivity contribution < 1.29 is 9.21 Å². The van der Waals surface area contributed by atoms with Gasteiger partial charge < -0.3 is 9.73 Å². The Labute approximate surface area is 182 Å². The van der Waals surface area contributed by atoms with Gasteiger partial charge in [-0.15, -0.1) is 10.2 Å². The van der Waals surface area contributed by atoms with Gasteiger partial charge in [-0.3, -0.25) is 9.36 Å². The average molecular weight is 427 g/mol. The lowest BCUT2D eigenvalue weighted by Crippen LogP contribution is -2.34. The molecule has 7 heteroatoms. The van der Waals surface area contributed by atoms with Gasteiger partial charge in [0, 0.05) is 11.6 Å². The second-order valence-corrected chi connectivity index (χ2v) is 9.01. The van der Waals surface area contributed by atoms with Crippen LogP contribution in [0.3, 0.4) is 0 Å². The molecule has 160 valence electrons. The smallest absolute Gasteiger partial charge is 0.230 e. The van der Waals surface area contributed by atoms with Crippen LogP contribution in [0, 0.1) is 12.8 Å². The van der Waals surface area contributed by atoms with Gasteiger partial charge in [-0.25, -0.2) is 0 Å². The zero-order valence-corrected chi connectivity index (χ0v) is 18.9. The Morgan fingerprint density at radius 1 is 1.17 bits per heavy atom. The van der Waals surface area contributed by atoms with Crippen LogP contribution in [0.4, 0.5) is 0 Å². The molecule has 0 spiro atoms. The maximum Gasteiger partial charge on any atom is 0.230 e. The Morgan fingerprint density at radius 3 is 2.70 bits per heavy atom. The van der Waals surface area contributed by atoms with E-state index in [0.717, 1.165) is 35.6 Å². The van der Waals surface area contributed by atoms with Gasteiger partial charge in [-0.1, -0.05) is 49.4 Å². The molecule has 1 atom stereocenters. The molecular weight excluding hydrogens is 396 g/mol. The summed E-state index contributed by atoms with van der Waals surface area (Å²) >= 11 is 1.40. The monoisotopic (exact) mass is 426 g/mol. The SMILES string of the molecule is Cc1cccc(-c2nnc(SCC(=O)NC(C)CCC(C)C)n2Cc2ccco2)c1. The number of amides is 1. The third kappa shape index (κ3) is 6.23. The van der Waals surface area contributed by atoms with Gasteiger partial charge in [0.1, 0.15) is 5.76 Å². The predicted molar refractivity (Wildman–Crippen MR) is 120 cm³/mol. The lowest BCUT2D eigenvalue weighted by atomic mass is 10.0. The highest BCUT2D eigenvalue weighted by molar-refractivity contribution is 7.99. The second kappa shape index (κ2) is 10.5. The molecule has 1 unspecified atom stereocenters. The molecule has 2 heterocycles. The molecule has 1 amide bonds. The molecule has 3 aromatic rings. The number of aromatic nitrogens is 3. The molecule has 0 fully saturated rings. The molecule has 30 heavy (non-hydrogen) atoms. The number of hydrogen-bond donors (Lipinski definition) is 1. The Balaban J connectivity index is 1.72. The van der Waals surface area contributed by atoms with E-state index in [1.165, 1.54) is 11.8 Å². The highest BCUT2D eigenvalue weighted by atomic mass is 32.2. The quantitative estimate of drug-likeness (QED) is 0.466. The van der Waals surface area contributed by atoms with Crippen molar-refractivity contribution in [3.63, 3.8) is 0 Å². The summed E-state index contributed by atoms with van der Waals surface area (Å²) in [6.07, 6.45) is 3.75. The van der Waals surface area contributed by atoms with Crippen LogP contribution in [0.1, 0.15) is 44.9 Å². The van der Waals surface area contributed by atoms with Crippen LogP contribution in [0.25, 0.3) is 11.4 Å². The lowest BCUT2D eigenvalue weighted by Gasteiger charge is -2.15. The zero-order valence-electron chi connectivity index (χ0n) is 18.1. The fourth-order valence-electron chi connectivity index (χ4n) is 3.20. The highest BCUT2D eigenvalue weighted by Crippen LogP contribution is 2.26. The first kappa shape index (κ1) is 22.2. The van der Waals surface area contributed by atoms with Crippen molar-refractivity contribution in [2.75, 3.05) is 5.75 Å². The number of thioether (sulfide) groups is 1. The minimum absolute atomic E-state index is 0.0147. The van der Waals surface area contributed by atoms with Gasteiger partial charge in [-0.05, 0) is 50.8 Å². The Hall–Kier alpha value is -2.54. The number of hydrogen-bond acceptors (Lipinski definition) is 5. The van der Waals surface area contributed by atoms with E-state index in [-0.39, 0.29) is 11.9 Å². The van der Waals surface area contributed by atoms with Gasteiger partial charge in [0.25, 0.3) is 0 Å². The van der Waals surface area contributed by atoms with Gasteiger partial charge in [0.05, 0.1) is 18.6 Å². The first-order valence-electron chi connectivity index (χ1n) is 10.4. The van der Waals surface area contributed by atoms with E-state index < -0.39 is 0 Å². The van der Waals surface area contributed by atoms with E-state index in [2.05, 4.69) is 55.3 Å². The molecule has 0 radical (unpaired) electrons. The summed E-state index contributed by atoms with van der Waals surface area (Å²) < 4.78 is 7.54.